The molecular weight excluding hydrogens is 140 g/mol. The minimum absolute atomic E-state index is 0.0848. The smallest absolute Gasteiger partial charge is 0.237 e. The Morgan fingerprint density at radius 3 is 3.09 bits per heavy atom. The van der Waals surface area contributed by atoms with Gasteiger partial charge < -0.3 is 10.6 Å². The van der Waals surface area contributed by atoms with E-state index < -0.39 is 0 Å². The molecule has 64 valence electrons. The zero-order chi connectivity index (χ0) is 8.10. The molecule has 0 saturated carbocycles. The maximum Gasteiger partial charge on any atom is 0.237 e. The summed E-state index contributed by atoms with van der Waals surface area (Å²) in [7, 11) is 0. The molecule has 1 aliphatic heterocycles. The van der Waals surface area contributed by atoms with E-state index in [0.717, 1.165) is 32.4 Å². The van der Waals surface area contributed by atoms with E-state index in [9.17, 15) is 4.79 Å². The van der Waals surface area contributed by atoms with Gasteiger partial charge in [-0.1, -0.05) is 6.92 Å². The van der Waals surface area contributed by atoms with Gasteiger partial charge in [0, 0.05) is 6.54 Å². The SMILES string of the molecule is CCCNC(=O)[C@H]1CCCN1. The number of carbonyl (C=O) groups is 1. The molecule has 0 aliphatic carbocycles. The van der Waals surface area contributed by atoms with Crippen molar-refractivity contribution in [1.82, 2.24) is 10.6 Å². The second kappa shape index (κ2) is 4.34. The quantitative estimate of drug-likeness (QED) is 0.615. The zero-order valence-electron chi connectivity index (χ0n) is 7.02. The zero-order valence-corrected chi connectivity index (χ0v) is 7.02. The number of rotatable bonds is 3. The standard InChI is InChI=1S/C8H16N2O/c1-2-5-10-8(11)7-4-3-6-9-7/h7,9H,2-6H2,1H3,(H,10,11)/t7-/m1/s1. The van der Waals surface area contributed by atoms with Gasteiger partial charge in [0.25, 0.3) is 0 Å². The van der Waals surface area contributed by atoms with Gasteiger partial charge in [0.05, 0.1) is 6.04 Å². The van der Waals surface area contributed by atoms with E-state index in [1.165, 1.54) is 0 Å². The Kier molecular flexibility index (Phi) is 3.36. The van der Waals surface area contributed by atoms with Crippen molar-refractivity contribution in [3.63, 3.8) is 0 Å². The summed E-state index contributed by atoms with van der Waals surface area (Å²) in [5.74, 6) is 0.171. The van der Waals surface area contributed by atoms with Crippen molar-refractivity contribution in [2.75, 3.05) is 13.1 Å². The van der Waals surface area contributed by atoms with Crippen molar-refractivity contribution in [3.05, 3.63) is 0 Å². The maximum absolute atomic E-state index is 11.2. The molecule has 1 rings (SSSR count). The highest BCUT2D eigenvalue weighted by Gasteiger charge is 2.20. The highest BCUT2D eigenvalue weighted by Crippen LogP contribution is 2.03. The average molecular weight is 156 g/mol. The number of carbonyl (C=O) groups excluding carboxylic acids is 1. The van der Waals surface area contributed by atoms with Crippen molar-refractivity contribution in [2.24, 2.45) is 0 Å². The van der Waals surface area contributed by atoms with E-state index in [1.807, 2.05) is 0 Å². The van der Waals surface area contributed by atoms with Crippen LogP contribution in [-0.2, 0) is 4.79 Å². The molecule has 3 heteroatoms. The Morgan fingerprint density at radius 2 is 2.55 bits per heavy atom. The summed E-state index contributed by atoms with van der Waals surface area (Å²) in [6, 6.07) is 0.0848. The summed E-state index contributed by atoms with van der Waals surface area (Å²) in [6.45, 7) is 3.85. The minimum atomic E-state index is 0.0848. The van der Waals surface area contributed by atoms with E-state index in [1.54, 1.807) is 0 Å². The van der Waals surface area contributed by atoms with Gasteiger partial charge in [0.15, 0.2) is 0 Å². The lowest BCUT2D eigenvalue weighted by atomic mass is 10.2. The molecule has 0 bridgehead atoms. The largest absolute Gasteiger partial charge is 0.355 e. The first kappa shape index (κ1) is 8.53. The van der Waals surface area contributed by atoms with Crippen molar-refractivity contribution < 1.29 is 4.79 Å². The van der Waals surface area contributed by atoms with Crippen LogP contribution in [0.4, 0.5) is 0 Å². The van der Waals surface area contributed by atoms with Gasteiger partial charge in [-0.25, -0.2) is 0 Å². The minimum Gasteiger partial charge on any atom is -0.355 e. The predicted molar refractivity (Wildman–Crippen MR) is 44.3 cm³/mol. The molecule has 2 N–H and O–H groups in total. The van der Waals surface area contributed by atoms with Crippen molar-refractivity contribution in [2.45, 2.75) is 32.2 Å². The van der Waals surface area contributed by atoms with Crippen molar-refractivity contribution in [3.8, 4) is 0 Å². The van der Waals surface area contributed by atoms with Crippen LogP contribution < -0.4 is 10.6 Å². The average Bonchev–Trinajstić information content (AvgIpc) is 2.52. The summed E-state index contributed by atoms with van der Waals surface area (Å²) in [5.41, 5.74) is 0. The Morgan fingerprint density at radius 1 is 1.73 bits per heavy atom. The normalized spacial score (nSPS) is 23.5. The molecular formula is C8H16N2O. The highest BCUT2D eigenvalue weighted by molar-refractivity contribution is 5.81. The van der Waals surface area contributed by atoms with Crippen LogP contribution in [-0.4, -0.2) is 25.0 Å². The van der Waals surface area contributed by atoms with Gasteiger partial charge in [-0.3, -0.25) is 4.79 Å². The molecule has 11 heavy (non-hydrogen) atoms. The highest BCUT2D eigenvalue weighted by atomic mass is 16.2. The van der Waals surface area contributed by atoms with Crippen LogP contribution in [0.2, 0.25) is 0 Å². The fourth-order valence-corrected chi connectivity index (χ4v) is 1.28. The van der Waals surface area contributed by atoms with Crippen LogP contribution >= 0.6 is 0 Å². The molecule has 0 aromatic carbocycles. The first-order valence-corrected chi connectivity index (χ1v) is 4.35. The lowest BCUT2D eigenvalue weighted by molar-refractivity contribution is -0.122. The molecule has 0 radical (unpaired) electrons. The number of amides is 1. The van der Waals surface area contributed by atoms with E-state index in [-0.39, 0.29) is 11.9 Å². The molecule has 3 nitrogen and oxygen atoms in total. The molecule has 1 fully saturated rings. The maximum atomic E-state index is 11.2. The van der Waals surface area contributed by atoms with Crippen LogP contribution in [0.5, 0.6) is 0 Å². The summed E-state index contributed by atoms with van der Waals surface area (Å²) in [6.07, 6.45) is 3.14. The van der Waals surface area contributed by atoms with Gasteiger partial charge in [-0.05, 0) is 25.8 Å². The van der Waals surface area contributed by atoms with Gasteiger partial charge in [-0.15, -0.1) is 0 Å². The molecule has 0 aromatic rings. The molecule has 0 aromatic heterocycles. The molecule has 0 spiro atoms. The van der Waals surface area contributed by atoms with Gasteiger partial charge >= 0.3 is 0 Å². The number of hydrogen-bond acceptors (Lipinski definition) is 2. The third-order valence-electron chi connectivity index (χ3n) is 1.93. The van der Waals surface area contributed by atoms with Gasteiger partial charge in [0.2, 0.25) is 5.91 Å². The van der Waals surface area contributed by atoms with Crippen LogP contribution in [0.3, 0.4) is 0 Å². The van der Waals surface area contributed by atoms with Crippen molar-refractivity contribution >= 4 is 5.91 Å². The summed E-state index contributed by atoms with van der Waals surface area (Å²) in [4.78, 5) is 11.2. The Hall–Kier alpha value is -0.570. The van der Waals surface area contributed by atoms with Gasteiger partial charge in [-0.2, -0.15) is 0 Å². The molecule has 1 amide bonds. The molecule has 0 unspecified atom stereocenters. The third-order valence-corrected chi connectivity index (χ3v) is 1.93. The summed E-state index contributed by atoms with van der Waals surface area (Å²) < 4.78 is 0. The van der Waals surface area contributed by atoms with Gasteiger partial charge in [0.1, 0.15) is 0 Å². The Balaban J connectivity index is 2.17. The van der Waals surface area contributed by atoms with E-state index >= 15 is 0 Å². The number of nitrogens with one attached hydrogen (secondary N) is 2. The van der Waals surface area contributed by atoms with E-state index in [2.05, 4.69) is 17.6 Å². The molecule has 1 atom stereocenters. The lowest BCUT2D eigenvalue weighted by Crippen LogP contribution is -2.40. The molecule has 1 saturated heterocycles. The van der Waals surface area contributed by atoms with Crippen LogP contribution in [0.1, 0.15) is 26.2 Å². The molecule has 1 heterocycles. The summed E-state index contributed by atoms with van der Waals surface area (Å²) >= 11 is 0. The van der Waals surface area contributed by atoms with Crippen LogP contribution in [0, 0.1) is 0 Å². The lowest BCUT2D eigenvalue weighted by Gasteiger charge is -2.09. The first-order valence-electron chi connectivity index (χ1n) is 4.35. The fourth-order valence-electron chi connectivity index (χ4n) is 1.28. The first-order chi connectivity index (χ1) is 5.34. The van der Waals surface area contributed by atoms with Crippen molar-refractivity contribution in [1.29, 1.82) is 0 Å². The van der Waals surface area contributed by atoms with E-state index in [4.69, 9.17) is 0 Å². The predicted octanol–water partition coefficient (Wildman–Crippen LogP) is 0.265. The Labute approximate surface area is 67.5 Å². The van der Waals surface area contributed by atoms with E-state index in [0.29, 0.717) is 0 Å². The third kappa shape index (κ3) is 2.50. The summed E-state index contributed by atoms with van der Waals surface area (Å²) in [5, 5.41) is 6.03. The second-order valence-corrected chi connectivity index (χ2v) is 2.94. The monoisotopic (exact) mass is 156 g/mol. The van der Waals surface area contributed by atoms with Crippen LogP contribution in [0.25, 0.3) is 0 Å². The topological polar surface area (TPSA) is 41.1 Å². The fraction of sp³-hybridized carbons (Fsp3) is 0.875. The number of hydrogen-bond donors (Lipinski definition) is 2. The van der Waals surface area contributed by atoms with Crippen LogP contribution in [0.15, 0.2) is 0 Å². The second-order valence-electron chi connectivity index (χ2n) is 2.94. The molecule has 1 aliphatic rings. The Bertz CT molecular complexity index is 130.